The van der Waals surface area contributed by atoms with Gasteiger partial charge in [-0.2, -0.15) is 0 Å². The largest absolute Gasteiger partial charge is 0.391 e. The number of β-amino-alcohol motifs (C(OH)–C–C–N with tert-alkyl or cyclic N) is 1. The molecule has 1 aliphatic rings. The van der Waals surface area contributed by atoms with Gasteiger partial charge in [0.2, 0.25) is 0 Å². The summed E-state index contributed by atoms with van der Waals surface area (Å²) >= 11 is 0. The predicted octanol–water partition coefficient (Wildman–Crippen LogP) is 1.56. The molecular weight excluding hydrogens is 202 g/mol. The molecule has 0 radical (unpaired) electrons. The minimum absolute atomic E-state index is 0.216. The Kier molecular flexibility index (Phi) is 3.39. The summed E-state index contributed by atoms with van der Waals surface area (Å²) in [6.45, 7) is 5.91. The SMILES string of the molecule is CC(C)c1cc(N2CCC[C@H](O)C2)ncn1. The van der Waals surface area contributed by atoms with Crippen LogP contribution in [0.25, 0.3) is 0 Å². The van der Waals surface area contributed by atoms with Crippen LogP contribution in [0.4, 0.5) is 5.82 Å². The molecule has 16 heavy (non-hydrogen) atoms. The van der Waals surface area contributed by atoms with Gasteiger partial charge in [-0.15, -0.1) is 0 Å². The van der Waals surface area contributed by atoms with Gasteiger partial charge in [0.25, 0.3) is 0 Å². The van der Waals surface area contributed by atoms with Crippen molar-refractivity contribution in [1.82, 2.24) is 9.97 Å². The fourth-order valence-corrected chi connectivity index (χ4v) is 2.01. The normalized spacial score (nSPS) is 21.5. The molecule has 0 spiro atoms. The van der Waals surface area contributed by atoms with Crippen LogP contribution in [0.2, 0.25) is 0 Å². The Hall–Kier alpha value is -1.16. The molecular formula is C12H19N3O. The van der Waals surface area contributed by atoms with Gasteiger partial charge in [0.15, 0.2) is 0 Å². The highest BCUT2D eigenvalue weighted by atomic mass is 16.3. The number of piperidine rings is 1. The summed E-state index contributed by atoms with van der Waals surface area (Å²) in [4.78, 5) is 10.7. The smallest absolute Gasteiger partial charge is 0.132 e. The maximum atomic E-state index is 9.63. The summed E-state index contributed by atoms with van der Waals surface area (Å²) < 4.78 is 0. The van der Waals surface area contributed by atoms with E-state index < -0.39 is 0 Å². The maximum Gasteiger partial charge on any atom is 0.132 e. The summed E-state index contributed by atoms with van der Waals surface area (Å²) in [6.07, 6.45) is 3.33. The van der Waals surface area contributed by atoms with Gasteiger partial charge in [0.1, 0.15) is 12.1 Å². The summed E-state index contributed by atoms with van der Waals surface area (Å²) in [5, 5.41) is 9.63. The van der Waals surface area contributed by atoms with Gasteiger partial charge in [0, 0.05) is 24.8 Å². The highest BCUT2D eigenvalue weighted by Crippen LogP contribution is 2.20. The number of aliphatic hydroxyl groups is 1. The minimum Gasteiger partial charge on any atom is -0.391 e. The van der Waals surface area contributed by atoms with Gasteiger partial charge >= 0.3 is 0 Å². The van der Waals surface area contributed by atoms with E-state index in [4.69, 9.17) is 0 Å². The Morgan fingerprint density at radius 1 is 1.44 bits per heavy atom. The Balaban J connectivity index is 2.16. The van der Waals surface area contributed by atoms with Gasteiger partial charge in [-0.1, -0.05) is 13.8 Å². The van der Waals surface area contributed by atoms with Gasteiger partial charge in [-0.05, 0) is 18.8 Å². The zero-order valence-electron chi connectivity index (χ0n) is 9.93. The van der Waals surface area contributed by atoms with Gasteiger partial charge in [-0.3, -0.25) is 0 Å². The molecule has 4 nitrogen and oxygen atoms in total. The number of hydrogen-bond acceptors (Lipinski definition) is 4. The molecule has 1 atom stereocenters. The fraction of sp³-hybridized carbons (Fsp3) is 0.667. The molecule has 2 heterocycles. The van der Waals surface area contributed by atoms with Crippen molar-refractivity contribution in [3.63, 3.8) is 0 Å². The number of aliphatic hydroxyl groups excluding tert-OH is 1. The molecule has 0 unspecified atom stereocenters. The lowest BCUT2D eigenvalue weighted by atomic mass is 10.1. The summed E-state index contributed by atoms with van der Waals surface area (Å²) in [7, 11) is 0. The number of aromatic nitrogens is 2. The van der Waals surface area contributed by atoms with Crippen LogP contribution in [-0.2, 0) is 0 Å². The zero-order chi connectivity index (χ0) is 11.5. The van der Waals surface area contributed by atoms with Crippen molar-refractivity contribution in [3.8, 4) is 0 Å². The molecule has 1 fully saturated rings. The van der Waals surface area contributed by atoms with E-state index in [0.717, 1.165) is 30.9 Å². The maximum absolute atomic E-state index is 9.63. The van der Waals surface area contributed by atoms with Gasteiger partial charge < -0.3 is 10.0 Å². The van der Waals surface area contributed by atoms with E-state index in [1.165, 1.54) is 0 Å². The molecule has 1 aromatic rings. The highest BCUT2D eigenvalue weighted by Gasteiger charge is 2.19. The van der Waals surface area contributed by atoms with Crippen LogP contribution in [0.1, 0.15) is 38.3 Å². The van der Waals surface area contributed by atoms with Crippen molar-refractivity contribution in [2.75, 3.05) is 18.0 Å². The van der Waals surface area contributed by atoms with Gasteiger partial charge in [0.05, 0.1) is 6.10 Å². The van der Waals surface area contributed by atoms with Crippen LogP contribution in [0.5, 0.6) is 0 Å². The van der Waals surface area contributed by atoms with E-state index in [-0.39, 0.29) is 6.10 Å². The second kappa shape index (κ2) is 4.78. The third kappa shape index (κ3) is 2.50. The second-order valence-corrected chi connectivity index (χ2v) is 4.70. The van der Waals surface area contributed by atoms with Crippen LogP contribution in [-0.4, -0.2) is 34.3 Å². The van der Waals surface area contributed by atoms with E-state index in [1.807, 2.05) is 6.07 Å². The lowest BCUT2D eigenvalue weighted by molar-refractivity contribution is 0.154. The van der Waals surface area contributed by atoms with Crippen molar-refractivity contribution in [2.45, 2.75) is 38.7 Å². The van der Waals surface area contributed by atoms with Crippen molar-refractivity contribution < 1.29 is 5.11 Å². The van der Waals surface area contributed by atoms with Crippen molar-refractivity contribution in [1.29, 1.82) is 0 Å². The van der Waals surface area contributed by atoms with Crippen LogP contribution < -0.4 is 4.90 Å². The molecule has 1 saturated heterocycles. The molecule has 0 aliphatic carbocycles. The summed E-state index contributed by atoms with van der Waals surface area (Å²) in [5.41, 5.74) is 1.06. The molecule has 4 heteroatoms. The summed E-state index contributed by atoms with van der Waals surface area (Å²) in [6, 6.07) is 2.03. The van der Waals surface area contributed by atoms with Crippen LogP contribution in [0, 0.1) is 0 Å². The Bertz CT molecular complexity index is 354. The molecule has 1 N–H and O–H groups in total. The quantitative estimate of drug-likeness (QED) is 0.823. The topological polar surface area (TPSA) is 49.2 Å². The average Bonchev–Trinajstić information content (AvgIpc) is 2.29. The molecule has 2 rings (SSSR count). The molecule has 1 aliphatic heterocycles. The first-order chi connectivity index (χ1) is 7.66. The van der Waals surface area contributed by atoms with E-state index in [0.29, 0.717) is 12.5 Å². The number of rotatable bonds is 2. The number of anilines is 1. The first-order valence-electron chi connectivity index (χ1n) is 5.92. The average molecular weight is 221 g/mol. The van der Waals surface area contributed by atoms with Crippen molar-refractivity contribution in [2.24, 2.45) is 0 Å². The first-order valence-corrected chi connectivity index (χ1v) is 5.92. The lowest BCUT2D eigenvalue weighted by Gasteiger charge is -2.31. The lowest BCUT2D eigenvalue weighted by Crippen LogP contribution is -2.38. The van der Waals surface area contributed by atoms with E-state index in [9.17, 15) is 5.11 Å². The molecule has 88 valence electrons. The Morgan fingerprint density at radius 2 is 2.25 bits per heavy atom. The molecule has 0 amide bonds. The number of nitrogens with zero attached hydrogens (tertiary/aromatic N) is 3. The van der Waals surface area contributed by atoms with E-state index in [1.54, 1.807) is 6.33 Å². The first kappa shape index (κ1) is 11.3. The van der Waals surface area contributed by atoms with Crippen molar-refractivity contribution in [3.05, 3.63) is 18.1 Å². The molecule has 0 saturated carbocycles. The molecule has 0 aromatic carbocycles. The van der Waals surface area contributed by atoms with E-state index >= 15 is 0 Å². The Morgan fingerprint density at radius 3 is 2.94 bits per heavy atom. The third-order valence-corrected chi connectivity index (χ3v) is 2.99. The second-order valence-electron chi connectivity index (χ2n) is 4.70. The van der Waals surface area contributed by atoms with Crippen LogP contribution in [0.3, 0.4) is 0 Å². The number of hydrogen-bond donors (Lipinski definition) is 1. The Labute approximate surface area is 96.3 Å². The van der Waals surface area contributed by atoms with Gasteiger partial charge in [-0.25, -0.2) is 9.97 Å². The zero-order valence-corrected chi connectivity index (χ0v) is 9.93. The van der Waals surface area contributed by atoms with E-state index in [2.05, 4.69) is 28.7 Å². The standard InChI is InChI=1S/C12H19N3O/c1-9(2)11-6-12(14-8-13-11)15-5-3-4-10(16)7-15/h6,8-10,16H,3-5,7H2,1-2H3/t10-/m0/s1. The third-order valence-electron chi connectivity index (χ3n) is 2.99. The minimum atomic E-state index is -0.216. The predicted molar refractivity (Wildman–Crippen MR) is 63.6 cm³/mol. The monoisotopic (exact) mass is 221 g/mol. The molecule has 1 aromatic heterocycles. The van der Waals surface area contributed by atoms with Crippen molar-refractivity contribution >= 4 is 5.82 Å². The molecule has 0 bridgehead atoms. The highest BCUT2D eigenvalue weighted by molar-refractivity contribution is 5.40. The van der Waals surface area contributed by atoms with Crippen LogP contribution >= 0.6 is 0 Å². The van der Waals surface area contributed by atoms with Crippen LogP contribution in [0.15, 0.2) is 12.4 Å². The fourth-order valence-electron chi connectivity index (χ4n) is 2.01. The summed E-state index contributed by atoms with van der Waals surface area (Å²) in [5.74, 6) is 1.36.